The molecular formula is C27H30N4O3. The summed E-state index contributed by atoms with van der Waals surface area (Å²) in [4.78, 5) is 45.2. The number of aromatic nitrogens is 2. The normalized spacial score (nSPS) is 24.2. The van der Waals surface area contributed by atoms with E-state index in [2.05, 4.69) is 9.88 Å². The highest BCUT2D eigenvalue weighted by molar-refractivity contribution is 6.21. The number of carbonyl (C=O) groups is 2. The summed E-state index contributed by atoms with van der Waals surface area (Å²) in [6, 6.07) is 15.3. The Morgan fingerprint density at radius 3 is 2.03 bits per heavy atom. The van der Waals surface area contributed by atoms with Crippen LogP contribution < -0.4 is 5.69 Å². The largest absolute Gasteiger partial charge is 0.326 e. The first-order valence-corrected chi connectivity index (χ1v) is 12.5. The van der Waals surface area contributed by atoms with Crippen molar-refractivity contribution in [3.8, 4) is 0 Å². The minimum atomic E-state index is -0.126. The number of carbonyl (C=O) groups excluding carboxylic acids is 2. The molecule has 1 aromatic heterocycles. The molecule has 3 aliphatic rings. The third kappa shape index (κ3) is 3.59. The van der Waals surface area contributed by atoms with E-state index in [4.69, 9.17) is 0 Å². The van der Waals surface area contributed by atoms with Crippen LogP contribution in [-0.2, 0) is 0 Å². The lowest BCUT2D eigenvalue weighted by atomic mass is 9.84. The van der Waals surface area contributed by atoms with E-state index < -0.39 is 0 Å². The number of fused-ring (bicyclic) bond motifs is 2. The van der Waals surface area contributed by atoms with Crippen LogP contribution in [0.5, 0.6) is 0 Å². The SMILES string of the molecule is O=C1c2ccccc2C(=O)N1C1CCC(CN2CCC(n3c(=O)[nH]c4ccccc43)CC2)CC1. The van der Waals surface area contributed by atoms with Crippen LogP contribution in [0.15, 0.2) is 53.3 Å². The summed E-state index contributed by atoms with van der Waals surface area (Å²) in [5.74, 6) is 0.344. The van der Waals surface area contributed by atoms with Crippen LogP contribution in [0.1, 0.15) is 65.3 Å². The molecule has 0 radical (unpaired) electrons. The molecule has 0 spiro atoms. The zero-order valence-corrected chi connectivity index (χ0v) is 19.3. The van der Waals surface area contributed by atoms with Gasteiger partial charge in [-0.15, -0.1) is 0 Å². The number of aromatic amines is 1. The molecule has 1 N–H and O–H groups in total. The second-order valence-electron chi connectivity index (χ2n) is 10.0. The van der Waals surface area contributed by atoms with Crippen molar-refractivity contribution in [2.24, 2.45) is 5.92 Å². The zero-order chi connectivity index (χ0) is 23.2. The van der Waals surface area contributed by atoms with Gasteiger partial charge in [-0.2, -0.15) is 0 Å². The van der Waals surface area contributed by atoms with E-state index in [1.54, 1.807) is 12.1 Å². The van der Waals surface area contributed by atoms with Crippen molar-refractivity contribution in [3.05, 3.63) is 70.1 Å². The third-order valence-corrected chi connectivity index (χ3v) is 8.07. The number of hydrogen-bond acceptors (Lipinski definition) is 4. The van der Waals surface area contributed by atoms with Gasteiger partial charge in [0.1, 0.15) is 0 Å². The van der Waals surface area contributed by atoms with Gasteiger partial charge in [0.2, 0.25) is 0 Å². The fourth-order valence-electron chi connectivity index (χ4n) is 6.29. The Balaban J connectivity index is 1.03. The summed E-state index contributed by atoms with van der Waals surface area (Å²) in [7, 11) is 0. The number of amides is 2. The zero-order valence-electron chi connectivity index (χ0n) is 19.3. The Kier molecular flexibility index (Phi) is 5.37. The molecule has 0 atom stereocenters. The van der Waals surface area contributed by atoms with Crippen LogP contribution in [0.4, 0.5) is 0 Å². The lowest BCUT2D eigenvalue weighted by molar-refractivity contribution is 0.0513. The molecule has 2 aromatic carbocycles. The predicted molar refractivity (Wildman–Crippen MR) is 130 cm³/mol. The molecule has 3 heterocycles. The molecule has 6 rings (SSSR count). The van der Waals surface area contributed by atoms with Crippen molar-refractivity contribution in [2.45, 2.75) is 50.6 Å². The smallest absolute Gasteiger partial charge is 0.306 e. The Morgan fingerprint density at radius 2 is 1.35 bits per heavy atom. The topological polar surface area (TPSA) is 78.4 Å². The highest BCUT2D eigenvalue weighted by Gasteiger charge is 2.41. The molecule has 1 saturated heterocycles. The van der Waals surface area contributed by atoms with Crippen molar-refractivity contribution in [3.63, 3.8) is 0 Å². The number of nitrogens with zero attached hydrogens (tertiary/aromatic N) is 3. The van der Waals surface area contributed by atoms with Gasteiger partial charge in [-0.3, -0.25) is 19.1 Å². The van der Waals surface area contributed by atoms with Gasteiger partial charge < -0.3 is 9.88 Å². The van der Waals surface area contributed by atoms with Gasteiger partial charge in [-0.25, -0.2) is 4.79 Å². The fraction of sp³-hybridized carbons (Fsp3) is 0.444. The monoisotopic (exact) mass is 458 g/mol. The molecule has 2 amide bonds. The first-order chi connectivity index (χ1) is 16.6. The fourth-order valence-corrected chi connectivity index (χ4v) is 6.29. The quantitative estimate of drug-likeness (QED) is 0.603. The predicted octanol–water partition coefficient (Wildman–Crippen LogP) is 3.82. The Hall–Kier alpha value is -3.19. The molecule has 3 aromatic rings. The van der Waals surface area contributed by atoms with E-state index in [0.29, 0.717) is 17.0 Å². The minimum Gasteiger partial charge on any atom is -0.306 e. The number of likely N-dealkylation sites (tertiary alicyclic amines) is 1. The molecule has 2 aliphatic heterocycles. The number of nitrogens with one attached hydrogen (secondary N) is 1. The van der Waals surface area contributed by atoms with Crippen LogP contribution >= 0.6 is 0 Å². The van der Waals surface area contributed by atoms with E-state index in [1.807, 2.05) is 41.0 Å². The summed E-state index contributed by atoms with van der Waals surface area (Å²) in [5, 5.41) is 0. The number of imide groups is 1. The summed E-state index contributed by atoms with van der Waals surface area (Å²) in [5.41, 5.74) is 2.99. The molecule has 176 valence electrons. The molecule has 1 saturated carbocycles. The summed E-state index contributed by atoms with van der Waals surface area (Å²) < 4.78 is 1.94. The third-order valence-electron chi connectivity index (χ3n) is 8.07. The molecule has 0 unspecified atom stereocenters. The Labute approximate surface area is 198 Å². The van der Waals surface area contributed by atoms with Crippen LogP contribution in [-0.4, -0.2) is 56.8 Å². The van der Waals surface area contributed by atoms with E-state index in [1.165, 1.54) is 4.90 Å². The van der Waals surface area contributed by atoms with Crippen molar-refractivity contribution < 1.29 is 9.59 Å². The van der Waals surface area contributed by atoms with Crippen molar-refractivity contribution in [1.82, 2.24) is 19.4 Å². The van der Waals surface area contributed by atoms with Gasteiger partial charge >= 0.3 is 5.69 Å². The van der Waals surface area contributed by atoms with Crippen LogP contribution in [0.3, 0.4) is 0 Å². The maximum Gasteiger partial charge on any atom is 0.326 e. The molecule has 0 bridgehead atoms. The standard InChI is InChI=1S/C27H30N4O3/c32-25-21-5-1-2-6-22(21)26(33)31(25)19-11-9-18(10-12-19)17-29-15-13-20(14-16-29)30-24-8-4-3-7-23(24)28-27(30)34/h1-8,18-20H,9-17H2,(H,28,34). The van der Waals surface area contributed by atoms with Crippen molar-refractivity contribution >= 4 is 22.8 Å². The van der Waals surface area contributed by atoms with Gasteiger partial charge in [0.15, 0.2) is 0 Å². The molecule has 1 aliphatic carbocycles. The number of rotatable bonds is 4. The van der Waals surface area contributed by atoms with Gasteiger partial charge in [0.05, 0.1) is 22.2 Å². The minimum absolute atomic E-state index is 0.00821. The summed E-state index contributed by atoms with van der Waals surface area (Å²) in [6.07, 6.45) is 5.81. The number of imidazole rings is 1. The number of para-hydroxylation sites is 2. The average molecular weight is 459 g/mol. The van der Waals surface area contributed by atoms with Gasteiger partial charge in [0.25, 0.3) is 11.8 Å². The van der Waals surface area contributed by atoms with E-state index in [0.717, 1.165) is 69.2 Å². The molecule has 2 fully saturated rings. The van der Waals surface area contributed by atoms with E-state index >= 15 is 0 Å². The number of piperidine rings is 1. The van der Waals surface area contributed by atoms with Crippen molar-refractivity contribution in [2.75, 3.05) is 19.6 Å². The first kappa shape index (κ1) is 21.4. The lowest BCUT2D eigenvalue weighted by Gasteiger charge is -2.38. The Bertz CT molecular complexity index is 1260. The summed E-state index contributed by atoms with van der Waals surface area (Å²) in [6.45, 7) is 3.05. The number of H-pyrrole nitrogens is 1. The van der Waals surface area contributed by atoms with Gasteiger partial charge in [-0.05, 0) is 68.7 Å². The highest BCUT2D eigenvalue weighted by Crippen LogP contribution is 2.34. The highest BCUT2D eigenvalue weighted by atomic mass is 16.2. The first-order valence-electron chi connectivity index (χ1n) is 12.5. The van der Waals surface area contributed by atoms with E-state index in [9.17, 15) is 14.4 Å². The van der Waals surface area contributed by atoms with Crippen LogP contribution in [0, 0.1) is 5.92 Å². The Morgan fingerprint density at radius 1 is 0.735 bits per heavy atom. The van der Waals surface area contributed by atoms with E-state index in [-0.39, 0.29) is 29.6 Å². The van der Waals surface area contributed by atoms with Crippen LogP contribution in [0.2, 0.25) is 0 Å². The molecule has 34 heavy (non-hydrogen) atoms. The maximum absolute atomic E-state index is 12.8. The second kappa shape index (κ2) is 8.55. The van der Waals surface area contributed by atoms with Crippen LogP contribution in [0.25, 0.3) is 11.0 Å². The second-order valence-corrected chi connectivity index (χ2v) is 10.0. The number of hydrogen-bond donors (Lipinski definition) is 1. The molecular weight excluding hydrogens is 428 g/mol. The molecule has 7 heteroatoms. The van der Waals surface area contributed by atoms with Gasteiger partial charge in [-0.1, -0.05) is 24.3 Å². The molecule has 7 nitrogen and oxygen atoms in total. The van der Waals surface area contributed by atoms with Gasteiger partial charge in [0, 0.05) is 31.7 Å². The number of benzene rings is 2. The summed E-state index contributed by atoms with van der Waals surface area (Å²) >= 11 is 0. The lowest BCUT2D eigenvalue weighted by Crippen LogP contribution is -2.44. The van der Waals surface area contributed by atoms with Crippen molar-refractivity contribution in [1.29, 1.82) is 0 Å². The average Bonchev–Trinajstić information content (AvgIpc) is 3.33. The maximum atomic E-state index is 12.8.